The quantitative estimate of drug-likeness (QED) is 0.771. The number of hydrogen-bond donors (Lipinski definition) is 1. The van der Waals surface area contributed by atoms with E-state index in [0.717, 1.165) is 44.3 Å². The van der Waals surface area contributed by atoms with Crippen molar-refractivity contribution in [2.75, 3.05) is 26.2 Å². The average molecular weight is 450 g/mol. The van der Waals surface area contributed by atoms with Gasteiger partial charge in [-0.15, -0.1) is 12.4 Å². The van der Waals surface area contributed by atoms with Crippen molar-refractivity contribution >= 4 is 18.3 Å². The van der Waals surface area contributed by atoms with Gasteiger partial charge in [0.25, 0.3) is 11.5 Å². The first-order valence-corrected chi connectivity index (χ1v) is 11.0. The third-order valence-corrected chi connectivity index (χ3v) is 6.28. The van der Waals surface area contributed by atoms with Gasteiger partial charge in [-0.1, -0.05) is 19.0 Å². The topological polar surface area (TPSA) is 93.3 Å². The predicted octanol–water partition coefficient (Wildman–Crippen LogP) is 3.03. The van der Waals surface area contributed by atoms with Crippen molar-refractivity contribution in [1.29, 1.82) is 0 Å². The molecule has 170 valence electrons. The molecule has 1 amide bonds. The van der Waals surface area contributed by atoms with Crippen LogP contribution in [0.25, 0.3) is 0 Å². The minimum absolute atomic E-state index is 0. The van der Waals surface area contributed by atoms with E-state index in [-0.39, 0.29) is 41.8 Å². The molecule has 4 rings (SSSR count). The molecule has 0 saturated carbocycles. The first-order chi connectivity index (χ1) is 14.5. The molecule has 0 bridgehead atoms. The van der Waals surface area contributed by atoms with Crippen LogP contribution in [0, 0.1) is 6.92 Å². The minimum atomic E-state index is -0.186. The number of aryl methyl sites for hydroxylation is 1. The van der Waals surface area contributed by atoms with E-state index in [1.54, 1.807) is 9.47 Å². The zero-order valence-electron chi connectivity index (χ0n) is 18.5. The summed E-state index contributed by atoms with van der Waals surface area (Å²) in [6.45, 7) is 8.82. The maximum absolute atomic E-state index is 13.4. The molecule has 2 aliphatic heterocycles. The molecular formula is C22H32ClN5O3. The summed E-state index contributed by atoms with van der Waals surface area (Å²) in [5, 5.41) is 7.39. The van der Waals surface area contributed by atoms with E-state index in [0.29, 0.717) is 30.4 Å². The molecule has 0 spiro atoms. The number of halogens is 1. The van der Waals surface area contributed by atoms with Crippen molar-refractivity contribution in [3.63, 3.8) is 0 Å². The fraction of sp³-hybridized carbons (Fsp3) is 0.636. The lowest BCUT2D eigenvalue weighted by atomic mass is 9.96. The summed E-state index contributed by atoms with van der Waals surface area (Å²) < 4.78 is 7.23. The second kappa shape index (κ2) is 9.96. The number of nitrogens with one attached hydrogen (secondary N) is 1. The Balaban J connectivity index is 0.00000272. The maximum Gasteiger partial charge on any atom is 0.263 e. The Morgan fingerprint density at radius 2 is 2.00 bits per heavy atom. The van der Waals surface area contributed by atoms with Crippen molar-refractivity contribution < 1.29 is 9.32 Å². The molecule has 9 heteroatoms. The lowest BCUT2D eigenvalue weighted by molar-refractivity contribution is 0.0692. The molecule has 1 N–H and O–H groups in total. The zero-order chi connectivity index (χ0) is 21.3. The highest BCUT2D eigenvalue weighted by Gasteiger charge is 2.31. The molecule has 1 atom stereocenters. The van der Waals surface area contributed by atoms with E-state index in [1.165, 1.54) is 0 Å². The van der Waals surface area contributed by atoms with E-state index < -0.39 is 0 Å². The Morgan fingerprint density at radius 1 is 1.26 bits per heavy atom. The highest BCUT2D eigenvalue weighted by Crippen LogP contribution is 2.28. The summed E-state index contributed by atoms with van der Waals surface area (Å²) in [5.41, 5.74) is 0.858. The first kappa shape index (κ1) is 23.5. The number of piperidine rings is 2. The van der Waals surface area contributed by atoms with Gasteiger partial charge in [0, 0.05) is 31.2 Å². The summed E-state index contributed by atoms with van der Waals surface area (Å²) in [5.74, 6) is 1.31. The van der Waals surface area contributed by atoms with Gasteiger partial charge < -0.3 is 19.3 Å². The monoisotopic (exact) mass is 449 g/mol. The molecule has 0 aliphatic carbocycles. The van der Waals surface area contributed by atoms with Crippen LogP contribution < -0.4 is 10.9 Å². The highest BCUT2D eigenvalue weighted by atomic mass is 35.5. The Kier molecular flexibility index (Phi) is 7.54. The van der Waals surface area contributed by atoms with Crippen LogP contribution in [0.3, 0.4) is 0 Å². The molecule has 4 heterocycles. The van der Waals surface area contributed by atoms with Crippen LogP contribution in [0.4, 0.5) is 0 Å². The van der Waals surface area contributed by atoms with Gasteiger partial charge in [-0.2, -0.15) is 4.98 Å². The van der Waals surface area contributed by atoms with E-state index in [1.807, 2.05) is 33.0 Å². The largest absolute Gasteiger partial charge is 0.339 e. The molecule has 0 aromatic carbocycles. The van der Waals surface area contributed by atoms with Gasteiger partial charge in [0.2, 0.25) is 5.89 Å². The van der Waals surface area contributed by atoms with Gasteiger partial charge in [-0.3, -0.25) is 9.59 Å². The SMILES string of the molecule is Cc1ccn(C2CCNCC2)c(=O)c1C(=O)N1CCCC(c2nc(C(C)C)no2)C1.Cl. The second-order valence-corrected chi connectivity index (χ2v) is 8.80. The maximum atomic E-state index is 13.4. The van der Waals surface area contributed by atoms with Gasteiger partial charge in [0.15, 0.2) is 5.82 Å². The van der Waals surface area contributed by atoms with Crippen LogP contribution >= 0.6 is 12.4 Å². The van der Waals surface area contributed by atoms with Gasteiger partial charge in [0.1, 0.15) is 5.56 Å². The smallest absolute Gasteiger partial charge is 0.263 e. The Morgan fingerprint density at radius 3 is 2.68 bits per heavy atom. The molecule has 0 radical (unpaired) electrons. The standard InChI is InChI=1S/C22H31N5O3.ClH/c1-14(2)19-24-20(30-25-19)16-5-4-11-26(13-16)21(28)18-15(3)8-12-27(22(18)29)17-6-9-23-10-7-17;/h8,12,14,16-17,23H,4-7,9-11,13H2,1-3H3;1H. The molecular weight excluding hydrogens is 418 g/mol. The van der Waals surface area contributed by atoms with Crippen LogP contribution in [0.5, 0.6) is 0 Å². The third-order valence-electron chi connectivity index (χ3n) is 6.28. The summed E-state index contributed by atoms with van der Waals surface area (Å²) in [6, 6.07) is 2.04. The van der Waals surface area contributed by atoms with Crippen LogP contribution in [0.2, 0.25) is 0 Å². The van der Waals surface area contributed by atoms with Crippen molar-refractivity contribution in [3.05, 3.63) is 45.5 Å². The van der Waals surface area contributed by atoms with Crippen LogP contribution in [-0.4, -0.2) is 51.7 Å². The predicted molar refractivity (Wildman–Crippen MR) is 120 cm³/mol. The molecule has 2 fully saturated rings. The molecule has 8 nitrogen and oxygen atoms in total. The summed E-state index contributed by atoms with van der Waals surface area (Å²) in [7, 11) is 0. The number of aromatic nitrogens is 3. The van der Waals surface area contributed by atoms with Gasteiger partial charge >= 0.3 is 0 Å². The number of amides is 1. The van der Waals surface area contributed by atoms with Gasteiger partial charge in [-0.05, 0) is 57.3 Å². The molecule has 2 saturated heterocycles. The van der Waals surface area contributed by atoms with Crippen LogP contribution in [-0.2, 0) is 0 Å². The number of nitrogens with zero attached hydrogens (tertiary/aromatic N) is 4. The summed E-state index contributed by atoms with van der Waals surface area (Å²) in [4.78, 5) is 33.0. The fourth-order valence-corrected chi connectivity index (χ4v) is 4.44. The number of rotatable bonds is 4. The van der Waals surface area contributed by atoms with Crippen molar-refractivity contribution in [1.82, 2.24) is 24.9 Å². The van der Waals surface area contributed by atoms with Crippen molar-refractivity contribution in [2.45, 2.75) is 64.3 Å². The fourth-order valence-electron chi connectivity index (χ4n) is 4.44. The van der Waals surface area contributed by atoms with Crippen molar-refractivity contribution in [3.8, 4) is 0 Å². The normalized spacial score (nSPS) is 20.0. The highest BCUT2D eigenvalue weighted by molar-refractivity contribution is 5.95. The number of hydrogen-bond acceptors (Lipinski definition) is 6. The third kappa shape index (κ3) is 4.85. The van der Waals surface area contributed by atoms with Crippen LogP contribution in [0.1, 0.15) is 85.0 Å². The molecule has 2 aromatic rings. The van der Waals surface area contributed by atoms with E-state index in [9.17, 15) is 9.59 Å². The van der Waals surface area contributed by atoms with E-state index >= 15 is 0 Å². The van der Waals surface area contributed by atoms with Crippen LogP contribution in [0.15, 0.2) is 21.6 Å². The molecule has 2 aliphatic rings. The zero-order valence-corrected chi connectivity index (χ0v) is 19.3. The Labute approximate surface area is 188 Å². The van der Waals surface area contributed by atoms with E-state index in [2.05, 4.69) is 15.5 Å². The number of carbonyl (C=O) groups excluding carboxylic acids is 1. The molecule has 31 heavy (non-hydrogen) atoms. The molecule has 1 unspecified atom stereocenters. The van der Waals surface area contributed by atoms with E-state index in [4.69, 9.17) is 4.52 Å². The average Bonchev–Trinajstić information content (AvgIpc) is 3.25. The van der Waals surface area contributed by atoms with Crippen molar-refractivity contribution in [2.24, 2.45) is 0 Å². The number of likely N-dealkylation sites (tertiary alicyclic amines) is 1. The number of carbonyl (C=O) groups is 1. The number of pyridine rings is 1. The van der Waals surface area contributed by atoms with Gasteiger partial charge in [0.05, 0.1) is 5.92 Å². The Bertz CT molecular complexity index is 964. The second-order valence-electron chi connectivity index (χ2n) is 8.80. The first-order valence-electron chi connectivity index (χ1n) is 11.0. The van der Waals surface area contributed by atoms with Gasteiger partial charge in [-0.25, -0.2) is 0 Å². The minimum Gasteiger partial charge on any atom is -0.339 e. The lowest BCUT2D eigenvalue weighted by Crippen LogP contribution is -2.43. The summed E-state index contributed by atoms with van der Waals surface area (Å²) >= 11 is 0. The lowest BCUT2D eigenvalue weighted by Gasteiger charge is -2.32. The summed E-state index contributed by atoms with van der Waals surface area (Å²) in [6.07, 6.45) is 5.39. The Hall–Kier alpha value is -2.19. The molecule has 2 aromatic heterocycles.